The summed E-state index contributed by atoms with van der Waals surface area (Å²) in [5, 5.41) is 12.4. The molecule has 0 aliphatic rings. The summed E-state index contributed by atoms with van der Waals surface area (Å²) in [6.07, 6.45) is 0.493. The molecule has 1 rings (SSSR count). The number of nitrogens with zero attached hydrogens (tertiary/aromatic N) is 1. The number of aromatic nitrogens is 1. The van der Waals surface area contributed by atoms with Crippen LogP contribution in [-0.4, -0.2) is 23.3 Å². The Hall–Kier alpha value is -1.16. The first-order valence-electron chi connectivity index (χ1n) is 4.66. The van der Waals surface area contributed by atoms with Crippen LogP contribution in [0.1, 0.15) is 17.8 Å². The summed E-state index contributed by atoms with van der Waals surface area (Å²) < 4.78 is 11.8. The lowest BCUT2D eigenvalue weighted by molar-refractivity contribution is 0.446. The highest BCUT2D eigenvalue weighted by Gasteiger charge is 2.01. The van der Waals surface area contributed by atoms with Crippen LogP contribution in [0.5, 0.6) is 5.75 Å². The quantitative estimate of drug-likeness (QED) is 0.705. The molecule has 0 aliphatic carbocycles. The van der Waals surface area contributed by atoms with Crippen LogP contribution in [0, 0.1) is 6.92 Å². The highest BCUT2D eigenvalue weighted by molar-refractivity contribution is 5.27. The number of rotatable bonds is 5. The van der Waals surface area contributed by atoms with E-state index in [9.17, 15) is 9.50 Å². The van der Waals surface area contributed by atoms with E-state index in [1.165, 1.54) is 0 Å². The summed E-state index contributed by atoms with van der Waals surface area (Å²) in [5.41, 5.74) is 1.48. The van der Waals surface area contributed by atoms with Crippen LogP contribution in [-0.2, 0) is 6.54 Å². The molecule has 0 saturated heterocycles. The second-order valence-corrected chi connectivity index (χ2v) is 3.14. The molecule has 0 unspecified atom stereocenters. The summed E-state index contributed by atoms with van der Waals surface area (Å²) in [6.45, 7) is 2.63. The van der Waals surface area contributed by atoms with Crippen molar-refractivity contribution in [3.05, 3.63) is 23.5 Å². The molecule has 0 atom stereocenters. The van der Waals surface area contributed by atoms with E-state index in [4.69, 9.17) is 0 Å². The summed E-state index contributed by atoms with van der Waals surface area (Å²) in [4.78, 5) is 4.16. The number of aromatic hydroxyl groups is 1. The topological polar surface area (TPSA) is 45.1 Å². The number of pyridine rings is 1. The van der Waals surface area contributed by atoms with Crippen LogP contribution in [0.2, 0.25) is 0 Å². The van der Waals surface area contributed by atoms with Crippen LogP contribution in [0.4, 0.5) is 4.39 Å². The van der Waals surface area contributed by atoms with Gasteiger partial charge in [-0.05, 0) is 32.0 Å². The van der Waals surface area contributed by atoms with Crippen LogP contribution in [0.15, 0.2) is 12.1 Å². The van der Waals surface area contributed by atoms with E-state index in [-0.39, 0.29) is 12.4 Å². The Bertz CT molecular complexity index is 291. The maximum atomic E-state index is 11.8. The lowest BCUT2D eigenvalue weighted by Crippen LogP contribution is -2.16. The molecule has 3 nitrogen and oxygen atoms in total. The maximum absolute atomic E-state index is 11.8. The van der Waals surface area contributed by atoms with E-state index < -0.39 is 0 Å². The van der Waals surface area contributed by atoms with Gasteiger partial charge in [0, 0.05) is 12.2 Å². The van der Waals surface area contributed by atoms with Crippen molar-refractivity contribution in [2.75, 3.05) is 13.2 Å². The lowest BCUT2D eigenvalue weighted by Gasteiger charge is -2.05. The molecule has 14 heavy (non-hydrogen) atoms. The molecule has 1 heterocycles. The molecule has 78 valence electrons. The number of hydrogen-bond acceptors (Lipinski definition) is 3. The van der Waals surface area contributed by atoms with Gasteiger partial charge in [-0.3, -0.25) is 9.37 Å². The van der Waals surface area contributed by atoms with Gasteiger partial charge in [0.15, 0.2) is 0 Å². The fourth-order valence-electron chi connectivity index (χ4n) is 1.13. The van der Waals surface area contributed by atoms with Crippen molar-refractivity contribution in [2.45, 2.75) is 19.9 Å². The van der Waals surface area contributed by atoms with Crippen LogP contribution in [0.3, 0.4) is 0 Å². The smallest absolute Gasteiger partial charge is 0.138 e. The molecular weight excluding hydrogens is 183 g/mol. The number of halogens is 1. The first-order chi connectivity index (χ1) is 6.74. The Morgan fingerprint density at radius 1 is 1.50 bits per heavy atom. The van der Waals surface area contributed by atoms with Gasteiger partial charge in [-0.2, -0.15) is 0 Å². The van der Waals surface area contributed by atoms with E-state index in [0.717, 1.165) is 5.69 Å². The molecule has 1 aromatic rings. The first-order valence-corrected chi connectivity index (χ1v) is 4.66. The van der Waals surface area contributed by atoms with Gasteiger partial charge in [0.05, 0.1) is 12.4 Å². The van der Waals surface area contributed by atoms with Crippen molar-refractivity contribution in [3.63, 3.8) is 0 Å². The Morgan fingerprint density at radius 3 is 3.00 bits per heavy atom. The molecule has 4 heteroatoms. The minimum absolute atomic E-state index is 0.184. The van der Waals surface area contributed by atoms with Crippen LogP contribution < -0.4 is 5.32 Å². The SMILES string of the molecule is Cc1ccc(O)c(CNCCCF)n1. The van der Waals surface area contributed by atoms with Gasteiger partial charge in [-0.25, -0.2) is 0 Å². The molecule has 0 amide bonds. The highest BCUT2D eigenvalue weighted by atomic mass is 19.1. The predicted molar refractivity (Wildman–Crippen MR) is 52.9 cm³/mol. The van der Waals surface area contributed by atoms with Gasteiger partial charge in [-0.15, -0.1) is 0 Å². The van der Waals surface area contributed by atoms with Crippen LogP contribution in [0.25, 0.3) is 0 Å². The zero-order chi connectivity index (χ0) is 10.4. The average molecular weight is 198 g/mol. The van der Waals surface area contributed by atoms with Crippen molar-refractivity contribution >= 4 is 0 Å². The molecule has 0 fully saturated rings. The number of aryl methyl sites for hydroxylation is 1. The molecule has 0 spiro atoms. The predicted octanol–water partition coefficient (Wildman–Crippen LogP) is 1.54. The summed E-state index contributed by atoms with van der Waals surface area (Å²) in [7, 11) is 0. The van der Waals surface area contributed by atoms with Crippen molar-refractivity contribution in [3.8, 4) is 5.75 Å². The third-order valence-corrected chi connectivity index (χ3v) is 1.87. The third-order valence-electron chi connectivity index (χ3n) is 1.87. The van der Waals surface area contributed by atoms with Gasteiger partial charge in [0.2, 0.25) is 0 Å². The Morgan fingerprint density at radius 2 is 2.29 bits per heavy atom. The second kappa shape index (κ2) is 5.54. The van der Waals surface area contributed by atoms with Gasteiger partial charge in [0.25, 0.3) is 0 Å². The van der Waals surface area contributed by atoms with Crippen LogP contribution >= 0.6 is 0 Å². The standard InChI is InChI=1S/C10H15FN2O/c1-8-3-4-10(14)9(13-8)7-12-6-2-5-11/h3-4,12,14H,2,5-7H2,1H3. The minimum atomic E-state index is -0.319. The van der Waals surface area contributed by atoms with Crippen molar-refractivity contribution in [1.82, 2.24) is 10.3 Å². The van der Waals surface area contributed by atoms with E-state index in [1.807, 2.05) is 6.92 Å². The van der Waals surface area contributed by atoms with Gasteiger partial charge >= 0.3 is 0 Å². The highest BCUT2D eigenvalue weighted by Crippen LogP contribution is 2.13. The fraction of sp³-hybridized carbons (Fsp3) is 0.500. The van der Waals surface area contributed by atoms with Crippen molar-refractivity contribution in [2.24, 2.45) is 0 Å². The Kier molecular flexibility index (Phi) is 4.32. The van der Waals surface area contributed by atoms with E-state index in [1.54, 1.807) is 12.1 Å². The van der Waals surface area contributed by atoms with Gasteiger partial charge in [0.1, 0.15) is 5.75 Å². The molecule has 0 bridgehead atoms. The van der Waals surface area contributed by atoms with Gasteiger partial charge in [-0.1, -0.05) is 0 Å². The molecule has 0 aromatic carbocycles. The van der Waals surface area contributed by atoms with E-state index >= 15 is 0 Å². The van der Waals surface area contributed by atoms with Crippen molar-refractivity contribution < 1.29 is 9.50 Å². The molecule has 2 N–H and O–H groups in total. The van der Waals surface area contributed by atoms with Crippen molar-refractivity contribution in [1.29, 1.82) is 0 Å². The lowest BCUT2D eigenvalue weighted by atomic mass is 10.3. The molecule has 1 aromatic heterocycles. The minimum Gasteiger partial charge on any atom is -0.506 e. The molecule has 0 radical (unpaired) electrons. The summed E-state index contributed by atoms with van der Waals surface area (Å²) in [6, 6.07) is 3.37. The molecule has 0 saturated carbocycles. The largest absolute Gasteiger partial charge is 0.506 e. The summed E-state index contributed by atoms with van der Waals surface area (Å²) in [5.74, 6) is 0.184. The number of hydrogen-bond donors (Lipinski definition) is 2. The monoisotopic (exact) mass is 198 g/mol. The molecule has 0 aliphatic heterocycles. The summed E-state index contributed by atoms with van der Waals surface area (Å²) >= 11 is 0. The maximum Gasteiger partial charge on any atom is 0.138 e. The second-order valence-electron chi connectivity index (χ2n) is 3.14. The van der Waals surface area contributed by atoms with E-state index in [0.29, 0.717) is 25.2 Å². The van der Waals surface area contributed by atoms with Gasteiger partial charge < -0.3 is 10.4 Å². The average Bonchev–Trinajstić information content (AvgIpc) is 2.18. The zero-order valence-corrected chi connectivity index (χ0v) is 8.26. The Labute approximate surface area is 83.0 Å². The fourth-order valence-corrected chi connectivity index (χ4v) is 1.13. The molecular formula is C10H15FN2O. The Balaban J connectivity index is 2.45. The number of nitrogens with one attached hydrogen (secondary N) is 1. The number of alkyl halides is 1. The normalized spacial score (nSPS) is 10.4. The zero-order valence-electron chi connectivity index (χ0n) is 8.26. The first kappa shape index (κ1) is 10.9. The third kappa shape index (κ3) is 3.30. The van der Waals surface area contributed by atoms with E-state index in [2.05, 4.69) is 10.3 Å².